The highest BCUT2D eigenvalue weighted by Crippen LogP contribution is 2.36. The molecule has 3 nitrogen and oxygen atoms in total. The molecule has 0 aliphatic heterocycles. The Hall–Kier alpha value is -0.120. The van der Waals surface area contributed by atoms with Crippen LogP contribution in [0.1, 0.15) is 52.4 Å². The van der Waals surface area contributed by atoms with Crippen molar-refractivity contribution < 1.29 is 5.11 Å². The van der Waals surface area contributed by atoms with E-state index in [2.05, 4.69) is 18.9 Å². The fraction of sp³-hybridized carbons (Fsp3) is 1.00. The highest BCUT2D eigenvalue weighted by atomic mass is 16.3. The molecule has 1 rings (SSSR count). The molecule has 3 N–H and O–H groups in total. The lowest BCUT2D eigenvalue weighted by molar-refractivity contribution is 0.0512. The van der Waals surface area contributed by atoms with Gasteiger partial charge in [0, 0.05) is 18.6 Å². The Bertz CT molecular complexity index is 210. The molecule has 0 aromatic rings. The van der Waals surface area contributed by atoms with Crippen LogP contribution in [-0.2, 0) is 0 Å². The van der Waals surface area contributed by atoms with E-state index in [0.29, 0.717) is 0 Å². The van der Waals surface area contributed by atoms with Gasteiger partial charge in [0.2, 0.25) is 0 Å². The zero-order valence-corrected chi connectivity index (χ0v) is 11.8. The minimum absolute atomic E-state index is 0.195. The Morgan fingerprint density at radius 3 is 2.41 bits per heavy atom. The standard InChI is InChI=1S/C14H30N2O/c1-4-13-5-8-14(11-15,9-6-13)16(3)10-7-12(2)17/h12-13,17H,4-11,15H2,1-3H3. The van der Waals surface area contributed by atoms with Gasteiger partial charge in [-0.3, -0.25) is 4.90 Å². The Balaban J connectivity index is 2.51. The summed E-state index contributed by atoms with van der Waals surface area (Å²) in [7, 11) is 2.17. The third-order valence-corrected chi connectivity index (χ3v) is 4.69. The molecule has 0 radical (unpaired) electrons. The molecule has 3 heteroatoms. The van der Waals surface area contributed by atoms with Crippen molar-refractivity contribution in [1.82, 2.24) is 4.90 Å². The predicted octanol–water partition coefficient (Wildman–Crippen LogP) is 1.99. The van der Waals surface area contributed by atoms with E-state index in [-0.39, 0.29) is 11.6 Å². The second-order valence-electron chi connectivity index (χ2n) is 5.84. The van der Waals surface area contributed by atoms with Crippen LogP contribution >= 0.6 is 0 Å². The maximum atomic E-state index is 9.38. The Labute approximate surface area is 106 Å². The van der Waals surface area contributed by atoms with Crippen LogP contribution in [0.3, 0.4) is 0 Å². The zero-order valence-electron chi connectivity index (χ0n) is 11.8. The first-order valence-electron chi connectivity index (χ1n) is 7.13. The van der Waals surface area contributed by atoms with Crippen LogP contribution in [0.4, 0.5) is 0 Å². The molecule has 17 heavy (non-hydrogen) atoms. The van der Waals surface area contributed by atoms with E-state index in [1.54, 1.807) is 0 Å². The summed E-state index contributed by atoms with van der Waals surface area (Å²) in [5, 5.41) is 9.38. The smallest absolute Gasteiger partial charge is 0.0524 e. The lowest BCUT2D eigenvalue weighted by atomic mass is 9.74. The number of nitrogens with two attached hydrogens (primary N) is 1. The molecule has 0 amide bonds. The number of rotatable bonds is 6. The lowest BCUT2D eigenvalue weighted by Gasteiger charge is -2.46. The average Bonchev–Trinajstić information content (AvgIpc) is 2.35. The van der Waals surface area contributed by atoms with E-state index in [0.717, 1.165) is 25.4 Å². The van der Waals surface area contributed by atoms with Crippen LogP contribution in [0.25, 0.3) is 0 Å². The first-order chi connectivity index (χ1) is 8.04. The van der Waals surface area contributed by atoms with Gasteiger partial charge in [-0.15, -0.1) is 0 Å². The summed E-state index contributed by atoms with van der Waals surface area (Å²) in [6.07, 6.45) is 7.00. The van der Waals surface area contributed by atoms with Crippen LogP contribution in [-0.4, -0.2) is 41.8 Å². The number of aliphatic hydroxyl groups is 1. The fourth-order valence-electron chi connectivity index (χ4n) is 2.98. The highest BCUT2D eigenvalue weighted by molar-refractivity contribution is 4.94. The van der Waals surface area contributed by atoms with Gasteiger partial charge in [-0.25, -0.2) is 0 Å². The molecule has 0 aromatic heterocycles. The molecule has 102 valence electrons. The van der Waals surface area contributed by atoms with Crippen LogP contribution in [0.15, 0.2) is 0 Å². The molecule has 0 aromatic carbocycles. The minimum Gasteiger partial charge on any atom is -0.393 e. The average molecular weight is 242 g/mol. The molecule has 1 unspecified atom stereocenters. The van der Waals surface area contributed by atoms with E-state index < -0.39 is 0 Å². The van der Waals surface area contributed by atoms with Gasteiger partial charge >= 0.3 is 0 Å². The van der Waals surface area contributed by atoms with Gasteiger partial charge in [0.05, 0.1) is 6.10 Å². The highest BCUT2D eigenvalue weighted by Gasteiger charge is 2.36. The van der Waals surface area contributed by atoms with E-state index in [1.165, 1.54) is 32.1 Å². The molecule has 0 spiro atoms. The second kappa shape index (κ2) is 6.72. The summed E-state index contributed by atoms with van der Waals surface area (Å²) in [5.41, 5.74) is 6.22. The van der Waals surface area contributed by atoms with Crippen molar-refractivity contribution in [3.8, 4) is 0 Å². The van der Waals surface area contributed by atoms with Crippen molar-refractivity contribution >= 4 is 0 Å². The van der Waals surface area contributed by atoms with Crippen molar-refractivity contribution in [3.63, 3.8) is 0 Å². The minimum atomic E-state index is -0.209. The summed E-state index contributed by atoms with van der Waals surface area (Å²) in [4.78, 5) is 2.39. The number of aliphatic hydroxyl groups excluding tert-OH is 1. The van der Waals surface area contributed by atoms with Gasteiger partial charge < -0.3 is 10.8 Å². The van der Waals surface area contributed by atoms with E-state index >= 15 is 0 Å². The Kier molecular flexibility index (Phi) is 5.90. The third kappa shape index (κ3) is 3.94. The summed E-state index contributed by atoms with van der Waals surface area (Å²) >= 11 is 0. The molecular weight excluding hydrogens is 212 g/mol. The zero-order chi connectivity index (χ0) is 12.9. The van der Waals surface area contributed by atoms with Gasteiger partial charge in [0.15, 0.2) is 0 Å². The van der Waals surface area contributed by atoms with Gasteiger partial charge in [-0.2, -0.15) is 0 Å². The maximum Gasteiger partial charge on any atom is 0.0524 e. The van der Waals surface area contributed by atoms with Crippen LogP contribution < -0.4 is 5.73 Å². The maximum absolute atomic E-state index is 9.38. The third-order valence-electron chi connectivity index (χ3n) is 4.69. The van der Waals surface area contributed by atoms with E-state index in [4.69, 9.17) is 5.73 Å². The fourth-order valence-corrected chi connectivity index (χ4v) is 2.98. The van der Waals surface area contributed by atoms with Crippen molar-refractivity contribution in [1.29, 1.82) is 0 Å². The summed E-state index contributed by atoms with van der Waals surface area (Å²) < 4.78 is 0. The van der Waals surface area contributed by atoms with Gasteiger partial charge in [0.1, 0.15) is 0 Å². The molecular formula is C14H30N2O. The number of hydrogen-bond donors (Lipinski definition) is 2. The SMILES string of the molecule is CCC1CCC(CN)(N(C)CCC(C)O)CC1. The van der Waals surface area contributed by atoms with Crippen molar-refractivity contribution in [3.05, 3.63) is 0 Å². The normalized spacial score (nSPS) is 31.8. The first kappa shape index (κ1) is 14.9. The van der Waals surface area contributed by atoms with Crippen LogP contribution in [0.2, 0.25) is 0 Å². The first-order valence-corrected chi connectivity index (χ1v) is 7.13. The van der Waals surface area contributed by atoms with Gasteiger partial charge in [0.25, 0.3) is 0 Å². The number of hydrogen-bond acceptors (Lipinski definition) is 3. The van der Waals surface area contributed by atoms with Gasteiger partial charge in [-0.05, 0) is 52.0 Å². The van der Waals surface area contributed by atoms with E-state index in [1.807, 2.05) is 6.92 Å². The molecule has 0 bridgehead atoms. The molecule has 1 fully saturated rings. The molecule has 1 aliphatic carbocycles. The van der Waals surface area contributed by atoms with E-state index in [9.17, 15) is 5.11 Å². The predicted molar refractivity (Wildman–Crippen MR) is 73.0 cm³/mol. The molecule has 1 atom stereocenters. The number of likely N-dealkylation sites (N-methyl/N-ethyl adjacent to an activating group) is 1. The van der Waals surface area contributed by atoms with Gasteiger partial charge in [-0.1, -0.05) is 13.3 Å². The van der Waals surface area contributed by atoms with Crippen LogP contribution in [0, 0.1) is 5.92 Å². The lowest BCUT2D eigenvalue weighted by Crippen LogP contribution is -2.54. The van der Waals surface area contributed by atoms with Crippen molar-refractivity contribution in [2.45, 2.75) is 64.0 Å². The largest absolute Gasteiger partial charge is 0.393 e. The topological polar surface area (TPSA) is 49.5 Å². The number of nitrogens with zero attached hydrogens (tertiary/aromatic N) is 1. The second-order valence-corrected chi connectivity index (χ2v) is 5.84. The Morgan fingerprint density at radius 2 is 2.00 bits per heavy atom. The summed E-state index contributed by atoms with van der Waals surface area (Å²) in [6.45, 7) is 5.85. The summed E-state index contributed by atoms with van der Waals surface area (Å²) in [5.74, 6) is 0.903. The van der Waals surface area contributed by atoms with Crippen molar-refractivity contribution in [2.75, 3.05) is 20.1 Å². The monoisotopic (exact) mass is 242 g/mol. The quantitative estimate of drug-likeness (QED) is 0.749. The molecule has 0 saturated heterocycles. The summed E-state index contributed by atoms with van der Waals surface area (Å²) in [6, 6.07) is 0. The van der Waals surface area contributed by atoms with Crippen molar-refractivity contribution in [2.24, 2.45) is 11.7 Å². The molecule has 1 saturated carbocycles. The molecule has 1 aliphatic rings. The Morgan fingerprint density at radius 1 is 1.41 bits per heavy atom. The molecule has 0 heterocycles. The van der Waals surface area contributed by atoms with Crippen LogP contribution in [0.5, 0.6) is 0 Å².